The van der Waals surface area contributed by atoms with Crippen molar-refractivity contribution in [2.45, 2.75) is 30.8 Å². The number of aliphatic hydroxyl groups is 1. The predicted molar refractivity (Wildman–Crippen MR) is 31.4 cm³/mol. The molecule has 1 fully saturated rings. The summed E-state index contributed by atoms with van der Waals surface area (Å²) in [5.74, 6) is -6.25. The molecule has 3 nitrogen and oxygen atoms in total. The number of carbonyl (C=O) groups is 1. The van der Waals surface area contributed by atoms with Crippen molar-refractivity contribution < 1.29 is 23.8 Å². The van der Waals surface area contributed by atoms with Crippen LogP contribution >= 0.6 is 0 Å². The fourth-order valence-corrected chi connectivity index (χ4v) is 1.02. The normalized spacial score (nSPS) is 22.5. The highest BCUT2D eigenvalue weighted by Crippen LogP contribution is 2.44. The number of halogens is 2. The van der Waals surface area contributed by atoms with Gasteiger partial charge in [0.1, 0.15) is 5.60 Å². The molecule has 0 bridgehead atoms. The minimum Gasteiger partial charge on any atom is -0.477 e. The molecular formula is C6H8F2O3. The molecule has 0 radical (unpaired) electrons. The first-order valence-corrected chi connectivity index (χ1v) is 3.24. The molecule has 1 aliphatic carbocycles. The van der Waals surface area contributed by atoms with Crippen LogP contribution in [0, 0.1) is 0 Å². The fraction of sp³-hybridized carbons (Fsp3) is 0.833. The Hall–Kier alpha value is -0.710. The van der Waals surface area contributed by atoms with Gasteiger partial charge in [0.25, 0.3) is 0 Å². The molecule has 11 heavy (non-hydrogen) atoms. The van der Waals surface area contributed by atoms with Crippen LogP contribution in [0.25, 0.3) is 0 Å². The molecule has 1 saturated carbocycles. The van der Waals surface area contributed by atoms with Crippen LogP contribution in [0.15, 0.2) is 0 Å². The second kappa shape index (κ2) is 2.14. The number of carboxylic acids is 1. The summed E-state index contributed by atoms with van der Waals surface area (Å²) >= 11 is 0. The highest BCUT2D eigenvalue weighted by atomic mass is 19.3. The van der Waals surface area contributed by atoms with Gasteiger partial charge in [-0.25, -0.2) is 4.79 Å². The molecular weight excluding hydrogens is 158 g/mol. The van der Waals surface area contributed by atoms with Crippen molar-refractivity contribution in [3.05, 3.63) is 0 Å². The van der Waals surface area contributed by atoms with Gasteiger partial charge in [-0.05, 0) is 19.3 Å². The molecule has 1 rings (SSSR count). The van der Waals surface area contributed by atoms with Gasteiger partial charge < -0.3 is 10.2 Å². The van der Waals surface area contributed by atoms with E-state index in [1.165, 1.54) is 0 Å². The monoisotopic (exact) mass is 166 g/mol. The summed E-state index contributed by atoms with van der Waals surface area (Å²) in [4.78, 5) is 9.95. The molecule has 0 aromatic heterocycles. The lowest BCUT2D eigenvalue weighted by molar-refractivity contribution is -0.228. The second-order valence-corrected chi connectivity index (χ2v) is 2.76. The van der Waals surface area contributed by atoms with Gasteiger partial charge in [-0.15, -0.1) is 0 Å². The van der Waals surface area contributed by atoms with Crippen LogP contribution in [0.2, 0.25) is 0 Å². The van der Waals surface area contributed by atoms with E-state index in [-0.39, 0.29) is 12.8 Å². The summed E-state index contributed by atoms with van der Waals surface area (Å²) < 4.78 is 25.1. The number of alkyl halides is 2. The lowest BCUT2D eigenvalue weighted by Gasteiger charge is -2.40. The van der Waals surface area contributed by atoms with Crippen molar-refractivity contribution in [1.29, 1.82) is 0 Å². The zero-order valence-electron chi connectivity index (χ0n) is 5.68. The third-order valence-electron chi connectivity index (χ3n) is 2.03. The standard InChI is InChI=1S/C6H8F2O3/c7-6(8,4(9)10)5(11)2-1-3-5/h11H,1-3H2,(H,9,10). The number of aliphatic carboxylic acids is 1. The number of carboxylic acid groups (broad SMARTS) is 1. The SMILES string of the molecule is O=C(O)C(F)(F)C1(O)CCC1. The minimum atomic E-state index is -3.99. The van der Waals surface area contributed by atoms with Crippen molar-refractivity contribution >= 4 is 5.97 Å². The van der Waals surface area contributed by atoms with E-state index in [9.17, 15) is 13.6 Å². The number of rotatable bonds is 2. The first-order valence-electron chi connectivity index (χ1n) is 3.24. The van der Waals surface area contributed by atoms with Crippen LogP contribution in [0.4, 0.5) is 8.78 Å². The van der Waals surface area contributed by atoms with Gasteiger partial charge in [0, 0.05) is 0 Å². The first kappa shape index (κ1) is 8.39. The molecule has 1 aliphatic rings. The molecule has 0 atom stereocenters. The highest BCUT2D eigenvalue weighted by Gasteiger charge is 2.61. The Bertz CT molecular complexity index is 186. The fourth-order valence-electron chi connectivity index (χ4n) is 1.02. The molecule has 0 saturated heterocycles. The lowest BCUT2D eigenvalue weighted by atomic mass is 9.75. The van der Waals surface area contributed by atoms with Crippen molar-refractivity contribution in [2.75, 3.05) is 0 Å². The summed E-state index contributed by atoms with van der Waals surface area (Å²) in [6.45, 7) is 0. The molecule has 0 aromatic carbocycles. The van der Waals surface area contributed by atoms with Crippen LogP contribution in [-0.2, 0) is 4.79 Å². The predicted octanol–water partition coefficient (Wildman–Crippen LogP) is 0.621. The van der Waals surface area contributed by atoms with Crippen LogP contribution in [0.3, 0.4) is 0 Å². The quantitative estimate of drug-likeness (QED) is 0.632. The van der Waals surface area contributed by atoms with Crippen molar-refractivity contribution in [3.8, 4) is 0 Å². The molecule has 0 unspecified atom stereocenters. The highest BCUT2D eigenvalue weighted by molar-refractivity contribution is 5.77. The Labute approximate surface area is 61.6 Å². The molecule has 64 valence electrons. The number of hydrogen-bond donors (Lipinski definition) is 2. The van der Waals surface area contributed by atoms with Gasteiger partial charge in [-0.2, -0.15) is 8.78 Å². The molecule has 0 aliphatic heterocycles. The summed E-state index contributed by atoms with van der Waals surface area (Å²) in [6.07, 6.45) is 0.192. The molecule has 0 heterocycles. The van der Waals surface area contributed by atoms with E-state index >= 15 is 0 Å². The average molecular weight is 166 g/mol. The third kappa shape index (κ3) is 0.994. The lowest BCUT2D eigenvalue weighted by Crippen LogP contribution is -2.57. The largest absolute Gasteiger partial charge is 0.477 e. The topological polar surface area (TPSA) is 57.5 Å². The van der Waals surface area contributed by atoms with Crippen LogP contribution in [0.1, 0.15) is 19.3 Å². The van der Waals surface area contributed by atoms with Gasteiger partial charge in [-0.1, -0.05) is 0 Å². The van der Waals surface area contributed by atoms with Crippen LogP contribution in [0.5, 0.6) is 0 Å². The third-order valence-corrected chi connectivity index (χ3v) is 2.03. The second-order valence-electron chi connectivity index (χ2n) is 2.76. The first-order chi connectivity index (χ1) is 4.90. The summed E-state index contributed by atoms with van der Waals surface area (Å²) in [6, 6.07) is 0. The summed E-state index contributed by atoms with van der Waals surface area (Å²) in [7, 11) is 0. The Balaban J connectivity index is 2.78. The van der Waals surface area contributed by atoms with Crippen molar-refractivity contribution in [2.24, 2.45) is 0 Å². The molecule has 0 aromatic rings. The van der Waals surface area contributed by atoms with Crippen LogP contribution in [-0.4, -0.2) is 27.7 Å². The van der Waals surface area contributed by atoms with Gasteiger partial charge in [0.2, 0.25) is 0 Å². The van der Waals surface area contributed by atoms with Crippen molar-refractivity contribution in [3.63, 3.8) is 0 Å². The van der Waals surface area contributed by atoms with E-state index in [0.717, 1.165) is 0 Å². The Morgan fingerprint density at radius 2 is 1.91 bits per heavy atom. The van der Waals surface area contributed by atoms with Gasteiger partial charge in [0.15, 0.2) is 0 Å². The van der Waals surface area contributed by atoms with E-state index in [4.69, 9.17) is 10.2 Å². The maximum absolute atomic E-state index is 12.5. The van der Waals surface area contributed by atoms with Crippen LogP contribution < -0.4 is 0 Å². The van der Waals surface area contributed by atoms with Gasteiger partial charge in [0.05, 0.1) is 0 Å². The molecule has 5 heteroatoms. The molecule has 0 amide bonds. The van der Waals surface area contributed by atoms with Gasteiger partial charge >= 0.3 is 11.9 Å². The zero-order chi connectivity index (χ0) is 8.70. The summed E-state index contributed by atoms with van der Waals surface area (Å²) in [5, 5.41) is 17.0. The Morgan fingerprint density at radius 3 is 2.00 bits per heavy atom. The van der Waals surface area contributed by atoms with E-state index in [0.29, 0.717) is 6.42 Å². The Kier molecular flexibility index (Phi) is 1.63. The van der Waals surface area contributed by atoms with Crippen molar-refractivity contribution in [1.82, 2.24) is 0 Å². The zero-order valence-corrected chi connectivity index (χ0v) is 5.68. The molecule has 2 N–H and O–H groups in total. The average Bonchev–Trinajstić information content (AvgIpc) is 1.82. The number of hydrogen-bond acceptors (Lipinski definition) is 2. The Morgan fingerprint density at radius 1 is 1.45 bits per heavy atom. The van der Waals surface area contributed by atoms with Gasteiger partial charge in [-0.3, -0.25) is 0 Å². The maximum atomic E-state index is 12.5. The molecule has 0 spiro atoms. The van der Waals surface area contributed by atoms with E-state index in [1.807, 2.05) is 0 Å². The minimum absolute atomic E-state index is 0.133. The maximum Gasteiger partial charge on any atom is 0.377 e. The van der Waals surface area contributed by atoms with E-state index < -0.39 is 17.5 Å². The van der Waals surface area contributed by atoms with E-state index in [2.05, 4.69) is 0 Å². The van der Waals surface area contributed by atoms with E-state index in [1.54, 1.807) is 0 Å². The summed E-state index contributed by atoms with van der Waals surface area (Å²) in [5.41, 5.74) is -2.29. The smallest absolute Gasteiger partial charge is 0.377 e.